The minimum Gasteiger partial charge on any atom is -0.417 e. The Kier molecular flexibility index (Phi) is 5.73. The van der Waals surface area contributed by atoms with E-state index in [-0.39, 0.29) is 0 Å². The van der Waals surface area contributed by atoms with Crippen molar-refractivity contribution in [3.8, 4) is 5.75 Å². The van der Waals surface area contributed by atoms with Crippen molar-refractivity contribution in [2.45, 2.75) is 39.9 Å². The first-order valence-corrected chi connectivity index (χ1v) is 7.62. The van der Waals surface area contributed by atoms with E-state index in [1.165, 1.54) is 0 Å². The molecule has 0 N–H and O–H groups in total. The Morgan fingerprint density at radius 2 is 1.47 bits per heavy atom. The topological polar surface area (TPSA) is 61.8 Å². The molecule has 1 aromatic rings. The van der Waals surface area contributed by atoms with E-state index in [2.05, 4.69) is 0 Å². The van der Waals surface area contributed by atoms with Crippen LogP contribution in [0.5, 0.6) is 5.75 Å². The third kappa shape index (κ3) is 5.15. The molecule has 0 aliphatic heterocycles. The number of para-hydroxylation sites is 1. The summed E-state index contributed by atoms with van der Waals surface area (Å²) in [5.74, 6) is 0.299. The number of hydrogen-bond acceptors (Lipinski definition) is 5. The quantitative estimate of drug-likeness (QED) is 0.732. The molecule has 0 radical (unpaired) electrons. The highest BCUT2D eigenvalue weighted by molar-refractivity contribution is 7.71. The zero-order valence-electron chi connectivity index (χ0n) is 11.5. The predicted molar refractivity (Wildman–Crippen MR) is 72.5 cm³/mol. The van der Waals surface area contributed by atoms with Crippen LogP contribution in [0.25, 0.3) is 0 Å². The monoisotopic (exact) mass is 286 g/mol. The molecule has 0 aliphatic carbocycles. The molecule has 106 valence electrons. The molecular weight excluding hydrogens is 267 g/mol. The van der Waals surface area contributed by atoms with Crippen molar-refractivity contribution >= 4 is 13.3 Å². The first-order valence-electron chi connectivity index (χ1n) is 6.08. The molecule has 0 saturated heterocycles. The van der Waals surface area contributed by atoms with E-state index in [1.807, 2.05) is 0 Å². The van der Waals surface area contributed by atoms with Crippen molar-refractivity contribution in [3.63, 3.8) is 0 Å². The maximum Gasteiger partial charge on any atom is 0.439 e. The average molecular weight is 286 g/mol. The van der Waals surface area contributed by atoms with E-state index in [0.29, 0.717) is 5.75 Å². The molecular formula is C13H19O5P. The average Bonchev–Trinajstić information content (AvgIpc) is 2.27. The van der Waals surface area contributed by atoms with Gasteiger partial charge >= 0.3 is 13.3 Å². The second-order valence-corrected chi connectivity index (χ2v) is 6.27. The van der Waals surface area contributed by atoms with Gasteiger partial charge in [0.05, 0.1) is 12.2 Å². The van der Waals surface area contributed by atoms with E-state index >= 15 is 0 Å². The molecule has 0 bridgehead atoms. The van der Waals surface area contributed by atoms with Crippen molar-refractivity contribution < 1.29 is 23.1 Å². The van der Waals surface area contributed by atoms with Crippen LogP contribution in [0.15, 0.2) is 30.3 Å². The third-order valence-corrected chi connectivity index (χ3v) is 3.81. The maximum atomic E-state index is 12.4. The molecule has 0 aliphatic rings. The molecule has 1 aromatic carbocycles. The van der Waals surface area contributed by atoms with Gasteiger partial charge in [-0.15, -0.1) is 0 Å². The Bertz CT molecular complexity index is 441. The first-order chi connectivity index (χ1) is 8.83. The predicted octanol–water partition coefficient (Wildman–Crippen LogP) is 4.23. The Balaban J connectivity index is 2.86. The molecule has 0 spiro atoms. The number of carbonyl (C=O) groups is 1. The van der Waals surface area contributed by atoms with Crippen LogP contribution in [0, 0.1) is 0 Å². The molecule has 1 rings (SSSR count). The zero-order valence-corrected chi connectivity index (χ0v) is 12.4. The summed E-state index contributed by atoms with van der Waals surface area (Å²) in [6.45, 7) is 6.69. The van der Waals surface area contributed by atoms with Crippen molar-refractivity contribution in [3.05, 3.63) is 30.3 Å². The van der Waals surface area contributed by atoms with Gasteiger partial charge in [-0.25, -0.2) is 9.36 Å². The summed E-state index contributed by atoms with van der Waals surface area (Å²) in [7, 11) is -3.95. The highest BCUT2D eigenvalue weighted by Gasteiger charge is 2.39. The van der Waals surface area contributed by atoms with Crippen molar-refractivity contribution in [1.29, 1.82) is 0 Å². The van der Waals surface area contributed by atoms with E-state index in [4.69, 9.17) is 13.8 Å². The minimum atomic E-state index is -3.95. The lowest BCUT2D eigenvalue weighted by Crippen LogP contribution is -2.17. The normalized spacial score (nSPS) is 11.9. The van der Waals surface area contributed by atoms with Crippen LogP contribution >= 0.6 is 7.60 Å². The third-order valence-electron chi connectivity index (χ3n) is 1.87. The van der Waals surface area contributed by atoms with Gasteiger partial charge in [0.15, 0.2) is 0 Å². The van der Waals surface area contributed by atoms with Crippen LogP contribution in [0.2, 0.25) is 0 Å². The van der Waals surface area contributed by atoms with Crippen LogP contribution in [-0.4, -0.2) is 17.9 Å². The van der Waals surface area contributed by atoms with Gasteiger partial charge in [-0.05, 0) is 39.8 Å². The summed E-state index contributed by atoms with van der Waals surface area (Å²) >= 11 is 0. The zero-order chi connectivity index (χ0) is 14.5. The smallest absolute Gasteiger partial charge is 0.417 e. The molecule has 5 nitrogen and oxygen atoms in total. The fourth-order valence-corrected chi connectivity index (χ4v) is 2.86. The van der Waals surface area contributed by atoms with E-state index in [0.717, 1.165) is 0 Å². The summed E-state index contributed by atoms with van der Waals surface area (Å²) in [5.41, 5.74) is -0.999. The van der Waals surface area contributed by atoms with E-state index < -0.39 is 25.5 Å². The van der Waals surface area contributed by atoms with Gasteiger partial charge in [-0.2, -0.15) is 0 Å². The van der Waals surface area contributed by atoms with Gasteiger partial charge in [0.25, 0.3) is 0 Å². The SMILES string of the molecule is CC(C)OP(=O)(OC(C)C)C(=O)Oc1ccccc1. The van der Waals surface area contributed by atoms with Gasteiger partial charge < -0.3 is 4.74 Å². The highest BCUT2D eigenvalue weighted by atomic mass is 31.2. The molecule has 0 atom stereocenters. The molecule has 0 saturated carbocycles. The molecule has 0 fully saturated rings. The van der Waals surface area contributed by atoms with Crippen LogP contribution in [0.4, 0.5) is 4.79 Å². The fraction of sp³-hybridized carbons (Fsp3) is 0.462. The maximum absolute atomic E-state index is 12.4. The second-order valence-electron chi connectivity index (χ2n) is 4.49. The summed E-state index contributed by atoms with van der Waals surface area (Å²) in [6.07, 6.45) is -0.819. The second kappa shape index (κ2) is 6.85. The number of benzene rings is 1. The van der Waals surface area contributed by atoms with Crippen LogP contribution in [0.3, 0.4) is 0 Å². The van der Waals surface area contributed by atoms with Gasteiger partial charge in [-0.1, -0.05) is 18.2 Å². The Labute approximate surface area is 113 Å². The Hall–Kier alpha value is -1.16. The molecule has 6 heteroatoms. The number of carbonyl (C=O) groups excluding carboxylic acids is 1. The fourth-order valence-electron chi connectivity index (χ4n) is 1.31. The molecule has 0 amide bonds. The molecule has 0 unspecified atom stereocenters. The number of rotatable bonds is 6. The molecule has 0 aromatic heterocycles. The lowest BCUT2D eigenvalue weighted by Gasteiger charge is -2.20. The lowest BCUT2D eigenvalue weighted by atomic mass is 10.3. The highest BCUT2D eigenvalue weighted by Crippen LogP contribution is 2.52. The number of hydrogen-bond donors (Lipinski definition) is 0. The summed E-state index contributed by atoms with van der Waals surface area (Å²) in [6, 6.07) is 8.38. The number of ether oxygens (including phenoxy) is 1. The van der Waals surface area contributed by atoms with Crippen LogP contribution in [0.1, 0.15) is 27.7 Å². The van der Waals surface area contributed by atoms with Crippen LogP contribution in [-0.2, 0) is 13.6 Å². The standard InChI is InChI=1S/C13H19O5P/c1-10(2)17-19(15,18-11(3)4)13(14)16-12-8-6-5-7-9-12/h5-11H,1-4H3. The van der Waals surface area contributed by atoms with Gasteiger partial charge in [0.1, 0.15) is 5.75 Å². The van der Waals surface area contributed by atoms with E-state index in [1.54, 1.807) is 58.0 Å². The summed E-state index contributed by atoms with van der Waals surface area (Å²) in [5, 5.41) is 0. The summed E-state index contributed by atoms with van der Waals surface area (Å²) < 4.78 is 27.7. The largest absolute Gasteiger partial charge is 0.439 e. The minimum absolute atomic E-state index is 0.299. The van der Waals surface area contributed by atoms with Crippen LogP contribution < -0.4 is 4.74 Å². The Morgan fingerprint density at radius 3 is 1.89 bits per heavy atom. The van der Waals surface area contributed by atoms with E-state index in [9.17, 15) is 9.36 Å². The Morgan fingerprint density at radius 1 is 1.00 bits per heavy atom. The molecule has 0 heterocycles. The first kappa shape index (κ1) is 15.9. The van der Waals surface area contributed by atoms with Crippen molar-refractivity contribution in [2.24, 2.45) is 0 Å². The summed E-state index contributed by atoms with van der Waals surface area (Å²) in [4.78, 5) is 12.0. The van der Waals surface area contributed by atoms with Gasteiger partial charge in [0.2, 0.25) is 0 Å². The molecule has 19 heavy (non-hydrogen) atoms. The van der Waals surface area contributed by atoms with Gasteiger partial charge in [-0.3, -0.25) is 9.05 Å². The lowest BCUT2D eigenvalue weighted by molar-refractivity contribution is 0.134. The van der Waals surface area contributed by atoms with Crippen molar-refractivity contribution in [2.75, 3.05) is 0 Å². The van der Waals surface area contributed by atoms with Gasteiger partial charge in [0, 0.05) is 0 Å². The van der Waals surface area contributed by atoms with Crippen molar-refractivity contribution in [1.82, 2.24) is 0 Å².